The van der Waals surface area contributed by atoms with Crippen molar-refractivity contribution in [1.29, 1.82) is 0 Å². The number of carbonyl (C=O) groups excluding carboxylic acids is 1. The highest BCUT2D eigenvalue weighted by atomic mass is 79.9. The van der Waals surface area contributed by atoms with Gasteiger partial charge in [0.05, 0.1) is 16.3 Å². The Morgan fingerprint density at radius 2 is 1.95 bits per heavy atom. The number of amides is 1. The Labute approximate surface area is 128 Å². The van der Waals surface area contributed by atoms with Gasteiger partial charge >= 0.3 is 0 Å². The van der Waals surface area contributed by atoms with Crippen molar-refractivity contribution in [2.24, 2.45) is 0 Å². The van der Waals surface area contributed by atoms with E-state index in [1.54, 1.807) is 36.4 Å². The first-order chi connectivity index (χ1) is 8.99. The molecule has 0 aliphatic rings. The molecular weight excluding hydrogens is 351 g/mol. The zero-order valence-electron chi connectivity index (χ0n) is 9.58. The van der Waals surface area contributed by atoms with Crippen molar-refractivity contribution in [3.05, 3.63) is 56.5 Å². The molecule has 0 radical (unpaired) electrons. The Balaban J connectivity index is 2.34. The lowest BCUT2D eigenvalue weighted by Gasteiger charge is -2.10. The lowest BCUT2D eigenvalue weighted by molar-refractivity contribution is 0.102. The number of nitrogen functional groups attached to an aromatic ring is 1. The predicted molar refractivity (Wildman–Crippen MR) is 83.0 cm³/mol. The standard InChI is InChI=1S/C13H9BrCl2N2O/c14-8-5-4-7(15)6-11(8)18-13(19)12-9(16)2-1-3-10(12)17/h1-6H,17H2,(H,18,19). The van der Waals surface area contributed by atoms with E-state index in [1.165, 1.54) is 0 Å². The molecule has 0 atom stereocenters. The van der Waals surface area contributed by atoms with E-state index in [0.717, 1.165) is 4.47 Å². The molecule has 2 aromatic carbocycles. The van der Waals surface area contributed by atoms with E-state index in [1.807, 2.05) is 0 Å². The number of hydrogen-bond acceptors (Lipinski definition) is 2. The molecule has 0 fully saturated rings. The quantitative estimate of drug-likeness (QED) is 0.770. The number of benzene rings is 2. The van der Waals surface area contributed by atoms with E-state index in [-0.39, 0.29) is 11.5 Å². The topological polar surface area (TPSA) is 55.1 Å². The Bertz CT molecular complexity index is 626. The van der Waals surface area contributed by atoms with E-state index in [9.17, 15) is 4.79 Å². The lowest BCUT2D eigenvalue weighted by atomic mass is 10.1. The summed E-state index contributed by atoms with van der Waals surface area (Å²) in [7, 11) is 0. The summed E-state index contributed by atoms with van der Waals surface area (Å²) in [5.41, 5.74) is 6.88. The Morgan fingerprint density at radius 1 is 1.21 bits per heavy atom. The number of rotatable bonds is 2. The normalized spacial score (nSPS) is 10.3. The highest BCUT2D eigenvalue weighted by Gasteiger charge is 2.15. The minimum atomic E-state index is -0.383. The third kappa shape index (κ3) is 3.21. The molecule has 2 aromatic rings. The van der Waals surface area contributed by atoms with Crippen LogP contribution in [-0.2, 0) is 0 Å². The van der Waals surface area contributed by atoms with Crippen molar-refractivity contribution in [3.63, 3.8) is 0 Å². The minimum absolute atomic E-state index is 0.246. The highest BCUT2D eigenvalue weighted by Crippen LogP contribution is 2.28. The average Bonchev–Trinajstić information content (AvgIpc) is 2.33. The molecule has 0 saturated carbocycles. The Morgan fingerprint density at radius 3 is 2.63 bits per heavy atom. The monoisotopic (exact) mass is 358 g/mol. The first-order valence-corrected chi connectivity index (χ1v) is 6.84. The third-order valence-electron chi connectivity index (χ3n) is 2.45. The Kier molecular flexibility index (Phi) is 4.34. The van der Waals surface area contributed by atoms with Gasteiger partial charge in [0.2, 0.25) is 0 Å². The molecule has 3 N–H and O–H groups in total. The number of hydrogen-bond donors (Lipinski definition) is 2. The van der Waals surface area contributed by atoms with Crippen LogP contribution in [0.4, 0.5) is 11.4 Å². The summed E-state index contributed by atoms with van der Waals surface area (Å²) in [4.78, 5) is 12.2. The summed E-state index contributed by atoms with van der Waals surface area (Å²) in [6.07, 6.45) is 0. The van der Waals surface area contributed by atoms with Gasteiger partial charge in [0.1, 0.15) is 0 Å². The number of carbonyl (C=O) groups is 1. The van der Waals surface area contributed by atoms with Crippen LogP contribution >= 0.6 is 39.1 Å². The Hall–Kier alpha value is -1.23. The van der Waals surface area contributed by atoms with Crippen LogP contribution in [0, 0.1) is 0 Å². The van der Waals surface area contributed by atoms with E-state index in [4.69, 9.17) is 28.9 Å². The molecule has 98 valence electrons. The molecular formula is C13H9BrCl2N2O. The fourth-order valence-corrected chi connectivity index (χ4v) is 2.34. The van der Waals surface area contributed by atoms with E-state index < -0.39 is 0 Å². The van der Waals surface area contributed by atoms with Crippen LogP contribution in [0.15, 0.2) is 40.9 Å². The van der Waals surface area contributed by atoms with Gasteiger partial charge in [-0.2, -0.15) is 0 Å². The van der Waals surface area contributed by atoms with Gasteiger partial charge in [-0.25, -0.2) is 0 Å². The molecule has 6 heteroatoms. The molecule has 3 nitrogen and oxygen atoms in total. The molecule has 0 aliphatic carbocycles. The number of halogens is 3. The number of nitrogens with one attached hydrogen (secondary N) is 1. The molecule has 19 heavy (non-hydrogen) atoms. The van der Waals surface area contributed by atoms with Gasteiger partial charge in [-0.3, -0.25) is 4.79 Å². The van der Waals surface area contributed by atoms with Gasteiger partial charge in [-0.05, 0) is 46.3 Å². The van der Waals surface area contributed by atoms with E-state index >= 15 is 0 Å². The van der Waals surface area contributed by atoms with Crippen LogP contribution in [0.2, 0.25) is 10.0 Å². The third-order valence-corrected chi connectivity index (χ3v) is 3.69. The van der Waals surface area contributed by atoms with Crippen molar-refractivity contribution in [2.75, 3.05) is 11.1 Å². The number of nitrogens with two attached hydrogens (primary N) is 1. The average molecular weight is 360 g/mol. The van der Waals surface area contributed by atoms with Gasteiger partial charge < -0.3 is 11.1 Å². The van der Waals surface area contributed by atoms with Crippen molar-refractivity contribution in [1.82, 2.24) is 0 Å². The maximum absolute atomic E-state index is 12.2. The van der Waals surface area contributed by atoms with Crippen molar-refractivity contribution in [2.45, 2.75) is 0 Å². The zero-order valence-corrected chi connectivity index (χ0v) is 12.7. The number of anilines is 2. The van der Waals surface area contributed by atoms with Gasteiger partial charge in [-0.1, -0.05) is 29.3 Å². The second kappa shape index (κ2) is 5.82. The molecule has 1 amide bonds. The van der Waals surface area contributed by atoms with Gasteiger partial charge in [0.15, 0.2) is 0 Å². The largest absolute Gasteiger partial charge is 0.398 e. The predicted octanol–water partition coefficient (Wildman–Crippen LogP) is 4.59. The summed E-state index contributed by atoms with van der Waals surface area (Å²) in [6.45, 7) is 0. The first kappa shape index (κ1) is 14.2. The fourth-order valence-electron chi connectivity index (χ4n) is 1.56. The van der Waals surface area contributed by atoms with Crippen molar-refractivity contribution >= 4 is 56.4 Å². The summed E-state index contributed by atoms with van der Waals surface area (Å²) < 4.78 is 0.718. The maximum atomic E-state index is 12.2. The second-order valence-corrected chi connectivity index (χ2v) is 5.48. The van der Waals surface area contributed by atoms with E-state index in [0.29, 0.717) is 21.4 Å². The second-order valence-electron chi connectivity index (χ2n) is 3.78. The first-order valence-electron chi connectivity index (χ1n) is 5.29. The summed E-state index contributed by atoms with van der Waals surface area (Å²) in [5.74, 6) is -0.383. The van der Waals surface area contributed by atoms with Gasteiger partial charge in [-0.15, -0.1) is 0 Å². The van der Waals surface area contributed by atoms with Crippen LogP contribution in [0.1, 0.15) is 10.4 Å². The smallest absolute Gasteiger partial charge is 0.259 e. The molecule has 0 aliphatic heterocycles. The van der Waals surface area contributed by atoms with Crippen molar-refractivity contribution in [3.8, 4) is 0 Å². The summed E-state index contributed by atoms with van der Waals surface area (Å²) in [6, 6.07) is 10.0. The van der Waals surface area contributed by atoms with E-state index in [2.05, 4.69) is 21.2 Å². The molecule has 0 saturated heterocycles. The zero-order chi connectivity index (χ0) is 14.0. The van der Waals surface area contributed by atoms with Crippen LogP contribution in [0.5, 0.6) is 0 Å². The molecule has 0 aromatic heterocycles. The van der Waals surface area contributed by atoms with Crippen LogP contribution in [-0.4, -0.2) is 5.91 Å². The van der Waals surface area contributed by atoms with Crippen LogP contribution < -0.4 is 11.1 Å². The lowest BCUT2D eigenvalue weighted by Crippen LogP contribution is -2.15. The maximum Gasteiger partial charge on any atom is 0.259 e. The SMILES string of the molecule is Nc1cccc(Cl)c1C(=O)Nc1cc(Cl)ccc1Br. The molecule has 0 unspecified atom stereocenters. The molecule has 0 bridgehead atoms. The van der Waals surface area contributed by atoms with Gasteiger partial charge in [0.25, 0.3) is 5.91 Å². The van der Waals surface area contributed by atoms with Gasteiger partial charge in [0, 0.05) is 15.2 Å². The highest BCUT2D eigenvalue weighted by molar-refractivity contribution is 9.10. The minimum Gasteiger partial charge on any atom is -0.398 e. The molecule has 2 rings (SSSR count). The summed E-state index contributed by atoms with van der Waals surface area (Å²) in [5, 5.41) is 3.53. The summed E-state index contributed by atoms with van der Waals surface area (Å²) >= 11 is 15.2. The fraction of sp³-hybridized carbons (Fsp3) is 0. The van der Waals surface area contributed by atoms with Crippen LogP contribution in [0.25, 0.3) is 0 Å². The molecule has 0 spiro atoms. The molecule has 0 heterocycles. The van der Waals surface area contributed by atoms with Crippen molar-refractivity contribution < 1.29 is 4.79 Å². The van der Waals surface area contributed by atoms with Crippen LogP contribution in [0.3, 0.4) is 0 Å².